The van der Waals surface area contributed by atoms with Gasteiger partial charge >= 0.3 is 0 Å². The van der Waals surface area contributed by atoms with E-state index in [1.54, 1.807) is 19.1 Å². The molecular weight excluding hydrogens is 423 g/mol. The van der Waals surface area contributed by atoms with E-state index >= 15 is 4.39 Å². The molecule has 166 valence electrons. The number of alkyl halides is 1. The van der Waals surface area contributed by atoms with Gasteiger partial charge in [-0.3, -0.25) is 4.79 Å². The molecule has 0 spiro atoms. The highest BCUT2D eigenvalue weighted by molar-refractivity contribution is 8.13. The molecule has 9 nitrogen and oxygen atoms in total. The van der Waals surface area contributed by atoms with Gasteiger partial charge in [0.2, 0.25) is 5.88 Å². The zero-order valence-corrected chi connectivity index (χ0v) is 18.4. The molecule has 1 aromatic heterocycles. The third-order valence-electron chi connectivity index (χ3n) is 5.05. The Morgan fingerprint density at radius 1 is 1.52 bits per heavy atom. The highest BCUT2D eigenvalue weighted by Gasteiger charge is 2.60. The predicted octanol–water partition coefficient (Wildman–Crippen LogP) is 2.02. The van der Waals surface area contributed by atoms with Crippen molar-refractivity contribution in [1.82, 2.24) is 15.3 Å². The Balaban J connectivity index is 1.90. The fourth-order valence-corrected chi connectivity index (χ4v) is 4.38. The Hall–Kier alpha value is -2.79. The van der Waals surface area contributed by atoms with Gasteiger partial charge in [-0.1, -0.05) is 24.4 Å². The van der Waals surface area contributed by atoms with Gasteiger partial charge in [-0.25, -0.2) is 24.3 Å². The maximum Gasteiger partial charge on any atom is 0.277 e. The van der Waals surface area contributed by atoms with Crippen LogP contribution in [0.15, 0.2) is 46.8 Å². The number of methoxy groups -OCH3 is 1. The highest BCUT2D eigenvalue weighted by Crippen LogP contribution is 2.48. The molecule has 2 aliphatic rings. The second-order valence-corrected chi connectivity index (χ2v) is 8.23. The maximum absolute atomic E-state index is 16.1. The number of nitrogens with zero attached hydrogens (tertiary/aromatic N) is 4. The number of nitrogens with two attached hydrogens (primary N) is 1. The van der Waals surface area contributed by atoms with Gasteiger partial charge in [-0.2, -0.15) is 0 Å². The molecule has 3 N–H and O–H groups in total. The van der Waals surface area contributed by atoms with Gasteiger partial charge in [-0.15, -0.1) is 0 Å². The van der Waals surface area contributed by atoms with E-state index in [0.717, 1.165) is 11.8 Å². The molecule has 1 aromatic rings. The lowest BCUT2D eigenvalue weighted by Crippen LogP contribution is -2.63. The third kappa shape index (κ3) is 4.62. The number of fused-ring (bicyclic) bond motifs is 1. The van der Waals surface area contributed by atoms with Gasteiger partial charge in [0.15, 0.2) is 16.4 Å². The lowest BCUT2D eigenvalue weighted by atomic mass is 9.75. The summed E-state index contributed by atoms with van der Waals surface area (Å²) in [7, 11) is 1.45. The number of hydrogen-bond donors (Lipinski definition) is 2. The zero-order chi connectivity index (χ0) is 22.6. The van der Waals surface area contributed by atoms with Crippen molar-refractivity contribution in [2.45, 2.75) is 37.6 Å². The number of thioether (sulfide) groups is 1. The lowest BCUT2D eigenvalue weighted by molar-refractivity contribution is -0.0898. The number of ether oxygens (including phenoxy) is 2. The number of rotatable bonds is 5. The number of aromatic nitrogens is 2. The first-order valence-electron chi connectivity index (χ1n) is 9.60. The van der Waals surface area contributed by atoms with Crippen molar-refractivity contribution in [3.05, 3.63) is 42.5 Å². The van der Waals surface area contributed by atoms with Crippen molar-refractivity contribution in [3.63, 3.8) is 0 Å². The molecular formula is C20H25FN6O3S. The average Bonchev–Trinajstić information content (AvgIpc) is 2.74. The van der Waals surface area contributed by atoms with E-state index in [4.69, 9.17) is 15.2 Å². The number of nitrogens with one attached hydrogen (secondary N) is 1. The average molecular weight is 449 g/mol. The second-order valence-electron chi connectivity index (χ2n) is 7.23. The maximum atomic E-state index is 16.1. The summed E-state index contributed by atoms with van der Waals surface area (Å²) in [5.74, 6) is 0.0111. The summed E-state index contributed by atoms with van der Waals surface area (Å²) in [5, 5.41) is 2.88. The van der Waals surface area contributed by atoms with Crippen molar-refractivity contribution >= 4 is 28.7 Å². The fourth-order valence-electron chi connectivity index (χ4n) is 3.42. The standard InChI is InChI=1S/C20H25FN6O3S/c1-5-6-15(26-17(28)14-8-24-16(29-4)9-23-14)25-13(3)20-10-30-12(2)7-19(20,21)11-31-18(22)27-20/h5-6,8-9,12H,3,7,10-11H2,1-2,4H3,(H2,22,27)(H,25,26,28)/b6-5-/t12-,19+,20+/m0/s1. The van der Waals surface area contributed by atoms with E-state index < -0.39 is 17.1 Å². The number of carbonyl (C=O) groups excluding carboxylic acids is 1. The van der Waals surface area contributed by atoms with E-state index in [1.165, 1.54) is 19.5 Å². The molecule has 3 heterocycles. The molecule has 31 heavy (non-hydrogen) atoms. The first-order chi connectivity index (χ1) is 14.7. The molecule has 11 heteroatoms. The van der Waals surface area contributed by atoms with Crippen molar-refractivity contribution in [3.8, 4) is 5.88 Å². The monoisotopic (exact) mass is 448 g/mol. The second kappa shape index (κ2) is 9.15. The number of carbonyl (C=O) groups is 1. The molecule has 0 aliphatic carbocycles. The number of allylic oxidation sites excluding steroid dienone is 1. The summed E-state index contributed by atoms with van der Waals surface area (Å²) in [5.41, 5.74) is 2.90. The van der Waals surface area contributed by atoms with Crippen LogP contribution in [0, 0.1) is 0 Å². The fraction of sp³-hybridized carbons (Fsp3) is 0.450. The van der Waals surface area contributed by atoms with Crippen molar-refractivity contribution in [2.75, 3.05) is 19.5 Å². The molecule has 0 bridgehead atoms. The van der Waals surface area contributed by atoms with E-state index in [0.29, 0.717) is 0 Å². The van der Waals surface area contributed by atoms with Crippen LogP contribution in [0.5, 0.6) is 5.88 Å². The first-order valence-corrected chi connectivity index (χ1v) is 10.6. The number of amides is 1. The van der Waals surface area contributed by atoms with Gasteiger partial charge < -0.3 is 20.5 Å². The minimum absolute atomic E-state index is 0.0463. The number of aliphatic imine (C=N–C) groups is 2. The van der Waals surface area contributed by atoms with E-state index in [1.807, 2.05) is 6.92 Å². The summed E-state index contributed by atoms with van der Waals surface area (Å²) >= 11 is 1.16. The molecule has 1 amide bonds. The van der Waals surface area contributed by atoms with Gasteiger partial charge in [0, 0.05) is 12.2 Å². The van der Waals surface area contributed by atoms with E-state index in [2.05, 4.69) is 31.8 Å². The molecule has 0 aromatic carbocycles. The molecule has 1 fully saturated rings. The minimum atomic E-state index is -1.73. The predicted molar refractivity (Wildman–Crippen MR) is 118 cm³/mol. The SMILES string of the molecule is C=C(/N=C(\C=C/C)NC(=O)c1cnc(OC)cn1)[C@]12CO[C@@H](C)C[C@@]1(F)CSC(N)=N2. The molecule has 1 saturated heterocycles. The molecule has 2 aliphatic heterocycles. The summed E-state index contributed by atoms with van der Waals surface area (Å²) in [6, 6.07) is 0. The topological polar surface area (TPSA) is 124 Å². The van der Waals surface area contributed by atoms with Gasteiger partial charge in [-0.05, 0) is 19.9 Å². The summed E-state index contributed by atoms with van der Waals surface area (Å²) < 4.78 is 26.7. The molecule has 3 atom stereocenters. The number of hydrogen-bond acceptors (Lipinski definition) is 9. The summed E-state index contributed by atoms with van der Waals surface area (Å²) in [6.45, 7) is 7.50. The van der Waals surface area contributed by atoms with Crippen molar-refractivity contribution in [2.24, 2.45) is 15.7 Å². The molecule has 0 unspecified atom stereocenters. The summed E-state index contributed by atoms with van der Waals surface area (Å²) in [4.78, 5) is 29.3. The number of halogens is 1. The Bertz CT molecular complexity index is 951. The van der Waals surface area contributed by atoms with Crippen LogP contribution < -0.4 is 15.8 Å². The van der Waals surface area contributed by atoms with Gasteiger partial charge in [0.25, 0.3) is 5.91 Å². The van der Waals surface area contributed by atoms with Crippen LogP contribution in [0.25, 0.3) is 0 Å². The van der Waals surface area contributed by atoms with Gasteiger partial charge in [0.1, 0.15) is 11.5 Å². The normalized spacial score (nSPS) is 28.6. The molecule has 0 saturated carbocycles. The Kier molecular flexibility index (Phi) is 6.75. The van der Waals surface area contributed by atoms with Gasteiger partial charge in [0.05, 0.1) is 37.9 Å². The van der Waals surface area contributed by atoms with Crippen molar-refractivity contribution < 1.29 is 18.7 Å². The van der Waals surface area contributed by atoms with Crippen LogP contribution in [0.1, 0.15) is 30.8 Å². The smallest absolute Gasteiger partial charge is 0.277 e. The Morgan fingerprint density at radius 2 is 2.29 bits per heavy atom. The minimum Gasteiger partial charge on any atom is -0.480 e. The molecule has 0 radical (unpaired) electrons. The van der Waals surface area contributed by atoms with Crippen molar-refractivity contribution in [1.29, 1.82) is 0 Å². The third-order valence-corrected chi connectivity index (χ3v) is 6.04. The quantitative estimate of drug-likeness (QED) is 0.522. The lowest BCUT2D eigenvalue weighted by Gasteiger charge is -2.49. The van der Waals surface area contributed by atoms with Crippen LogP contribution in [0.3, 0.4) is 0 Å². The number of amidine groups is 2. The Labute approximate surface area is 184 Å². The van der Waals surface area contributed by atoms with Crippen LogP contribution in [0.2, 0.25) is 0 Å². The summed E-state index contributed by atoms with van der Waals surface area (Å²) in [6.07, 6.45) is 5.72. The first kappa shape index (κ1) is 22.9. The molecule has 3 rings (SSSR count). The van der Waals surface area contributed by atoms with Crippen LogP contribution in [-0.2, 0) is 4.74 Å². The van der Waals surface area contributed by atoms with E-state index in [-0.39, 0.29) is 53.2 Å². The largest absolute Gasteiger partial charge is 0.480 e. The Morgan fingerprint density at radius 3 is 2.94 bits per heavy atom. The van der Waals surface area contributed by atoms with E-state index in [9.17, 15) is 4.79 Å². The van der Waals surface area contributed by atoms with Crippen LogP contribution >= 0.6 is 11.8 Å². The van der Waals surface area contributed by atoms with Crippen LogP contribution in [-0.4, -0.2) is 63.7 Å². The van der Waals surface area contributed by atoms with Crippen LogP contribution in [0.4, 0.5) is 4.39 Å². The highest BCUT2D eigenvalue weighted by atomic mass is 32.2. The zero-order valence-electron chi connectivity index (χ0n) is 17.6.